The molecule has 1 atom stereocenters. The summed E-state index contributed by atoms with van der Waals surface area (Å²) in [5, 5.41) is 0. The van der Waals surface area contributed by atoms with Crippen molar-refractivity contribution in [3.8, 4) is 0 Å². The van der Waals surface area contributed by atoms with Gasteiger partial charge >= 0.3 is 6.18 Å². The number of aromatic nitrogens is 2. The smallest absolute Gasteiger partial charge is 0.368 e. The molecule has 1 unspecified atom stereocenters. The highest BCUT2D eigenvalue weighted by Crippen LogP contribution is 2.30. The first-order valence-electron chi connectivity index (χ1n) is 5.67. The predicted octanol–water partition coefficient (Wildman–Crippen LogP) is 2.56. The van der Waals surface area contributed by atoms with Gasteiger partial charge in [0, 0.05) is 19.7 Å². The third kappa shape index (κ3) is 3.75. The molecule has 0 fully saturated rings. The molecule has 2 N–H and O–H groups in total. The molecule has 0 amide bonds. The Morgan fingerprint density at radius 3 is 2.50 bits per heavy atom. The molecule has 1 aromatic heterocycles. The molecule has 1 heterocycles. The predicted molar refractivity (Wildman–Crippen MR) is 64.2 cm³/mol. The van der Waals surface area contributed by atoms with Crippen LogP contribution < -0.4 is 10.6 Å². The quantitative estimate of drug-likeness (QED) is 0.906. The van der Waals surface area contributed by atoms with Crippen molar-refractivity contribution in [1.29, 1.82) is 0 Å². The average molecular weight is 262 g/mol. The second-order valence-electron chi connectivity index (χ2n) is 4.36. The molecule has 1 aromatic rings. The second-order valence-corrected chi connectivity index (χ2v) is 4.36. The fourth-order valence-electron chi connectivity index (χ4n) is 1.48. The van der Waals surface area contributed by atoms with Crippen LogP contribution in [-0.4, -0.2) is 23.6 Å². The zero-order chi connectivity index (χ0) is 13.9. The molecule has 0 bridgehead atoms. The van der Waals surface area contributed by atoms with Gasteiger partial charge in [-0.05, 0) is 5.92 Å². The molecule has 18 heavy (non-hydrogen) atoms. The van der Waals surface area contributed by atoms with E-state index in [4.69, 9.17) is 5.73 Å². The first-order chi connectivity index (χ1) is 8.24. The standard InChI is InChI=1S/C11H17F3N4/c1-4-7(2)6-18(3)9-5-8(11(12,13)14)16-10(15)17-9/h5,7H,4,6H2,1-3H3,(H2,15,16,17). The van der Waals surface area contributed by atoms with Crippen LogP contribution in [-0.2, 0) is 6.18 Å². The van der Waals surface area contributed by atoms with Gasteiger partial charge in [0.25, 0.3) is 0 Å². The van der Waals surface area contributed by atoms with Crippen LogP contribution in [0.1, 0.15) is 26.0 Å². The molecular weight excluding hydrogens is 245 g/mol. The maximum atomic E-state index is 12.6. The largest absolute Gasteiger partial charge is 0.433 e. The van der Waals surface area contributed by atoms with Crippen LogP contribution in [0.4, 0.5) is 24.9 Å². The first-order valence-corrected chi connectivity index (χ1v) is 5.67. The lowest BCUT2D eigenvalue weighted by Gasteiger charge is -2.22. The Morgan fingerprint density at radius 1 is 1.39 bits per heavy atom. The van der Waals surface area contributed by atoms with Gasteiger partial charge in [-0.25, -0.2) is 4.98 Å². The van der Waals surface area contributed by atoms with Crippen LogP contribution in [0.5, 0.6) is 0 Å². The minimum Gasteiger partial charge on any atom is -0.368 e. The number of hydrogen-bond acceptors (Lipinski definition) is 4. The van der Waals surface area contributed by atoms with Crippen molar-refractivity contribution in [2.24, 2.45) is 5.92 Å². The number of nitrogens with two attached hydrogens (primary N) is 1. The van der Waals surface area contributed by atoms with Gasteiger partial charge in [0.2, 0.25) is 5.95 Å². The molecule has 0 saturated heterocycles. The van der Waals surface area contributed by atoms with Crippen molar-refractivity contribution in [1.82, 2.24) is 9.97 Å². The van der Waals surface area contributed by atoms with E-state index in [2.05, 4.69) is 9.97 Å². The van der Waals surface area contributed by atoms with Crippen molar-refractivity contribution in [2.75, 3.05) is 24.2 Å². The van der Waals surface area contributed by atoms with E-state index < -0.39 is 11.9 Å². The number of nitrogens with zero attached hydrogens (tertiary/aromatic N) is 3. The number of nitrogen functional groups attached to an aromatic ring is 1. The summed E-state index contributed by atoms with van der Waals surface area (Å²) in [7, 11) is 1.69. The zero-order valence-electron chi connectivity index (χ0n) is 10.6. The average Bonchev–Trinajstić information content (AvgIpc) is 2.26. The zero-order valence-corrected chi connectivity index (χ0v) is 10.6. The van der Waals surface area contributed by atoms with Crippen molar-refractivity contribution >= 4 is 11.8 Å². The van der Waals surface area contributed by atoms with E-state index in [1.165, 1.54) is 0 Å². The maximum absolute atomic E-state index is 12.6. The van der Waals surface area contributed by atoms with Gasteiger partial charge in [-0.3, -0.25) is 0 Å². The SMILES string of the molecule is CCC(C)CN(C)c1cc(C(F)(F)F)nc(N)n1. The fraction of sp³-hybridized carbons (Fsp3) is 0.636. The minimum absolute atomic E-state index is 0.190. The molecule has 0 aliphatic carbocycles. The van der Waals surface area contributed by atoms with Crippen molar-refractivity contribution < 1.29 is 13.2 Å². The lowest BCUT2D eigenvalue weighted by Crippen LogP contribution is -2.25. The summed E-state index contributed by atoms with van der Waals surface area (Å²) >= 11 is 0. The summed E-state index contributed by atoms with van der Waals surface area (Å²) in [5.41, 5.74) is 4.30. The van der Waals surface area contributed by atoms with Crippen molar-refractivity contribution in [3.05, 3.63) is 11.8 Å². The summed E-state index contributed by atoms with van der Waals surface area (Å²) in [6.45, 7) is 4.66. The maximum Gasteiger partial charge on any atom is 0.433 e. The summed E-state index contributed by atoms with van der Waals surface area (Å²) in [5.74, 6) is 0.187. The Bertz CT molecular complexity index is 406. The molecule has 0 radical (unpaired) electrons. The number of alkyl halides is 3. The Labute approximate surface area is 104 Å². The van der Waals surface area contributed by atoms with Gasteiger partial charge in [0.15, 0.2) is 5.69 Å². The Balaban J connectivity index is 2.99. The molecule has 0 aliphatic heterocycles. The minimum atomic E-state index is -4.51. The molecule has 0 saturated carbocycles. The Hall–Kier alpha value is -1.53. The van der Waals surface area contributed by atoms with Gasteiger partial charge in [-0.2, -0.15) is 18.2 Å². The second kappa shape index (κ2) is 5.41. The fourth-order valence-corrected chi connectivity index (χ4v) is 1.48. The van der Waals surface area contributed by atoms with E-state index in [1.54, 1.807) is 11.9 Å². The van der Waals surface area contributed by atoms with Crippen LogP contribution >= 0.6 is 0 Å². The van der Waals surface area contributed by atoms with Crippen LogP contribution in [0.3, 0.4) is 0 Å². The number of anilines is 2. The van der Waals surface area contributed by atoms with Gasteiger partial charge in [-0.1, -0.05) is 20.3 Å². The number of rotatable bonds is 4. The number of halogens is 3. The molecular formula is C11H17F3N4. The van der Waals surface area contributed by atoms with Crippen molar-refractivity contribution in [3.63, 3.8) is 0 Å². The van der Waals surface area contributed by atoms with Crippen LogP contribution in [0.2, 0.25) is 0 Å². The summed E-state index contributed by atoms with van der Waals surface area (Å²) in [6, 6.07) is 0.915. The third-order valence-electron chi connectivity index (χ3n) is 2.69. The van der Waals surface area contributed by atoms with E-state index in [0.717, 1.165) is 12.5 Å². The van der Waals surface area contributed by atoms with Gasteiger partial charge < -0.3 is 10.6 Å². The lowest BCUT2D eigenvalue weighted by atomic mass is 10.1. The lowest BCUT2D eigenvalue weighted by molar-refractivity contribution is -0.141. The normalized spacial score (nSPS) is 13.4. The summed E-state index contributed by atoms with van der Waals surface area (Å²) < 4.78 is 37.7. The third-order valence-corrected chi connectivity index (χ3v) is 2.69. The van der Waals surface area contributed by atoms with E-state index in [9.17, 15) is 13.2 Å². The van der Waals surface area contributed by atoms with Gasteiger partial charge in [0.1, 0.15) is 5.82 Å². The highest BCUT2D eigenvalue weighted by Gasteiger charge is 2.33. The van der Waals surface area contributed by atoms with E-state index in [-0.39, 0.29) is 11.8 Å². The highest BCUT2D eigenvalue weighted by molar-refractivity contribution is 5.43. The van der Waals surface area contributed by atoms with Gasteiger partial charge in [-0.15, -0.1) is 0 Å². The first kappa shape index (κ1) is 14.5. The molecule has 102 valence electrons. The van der Waals surface area contributed by atoms with Gasteiger partial charge in [0.05, 0.1) is 0 Å². The van der Waals surface area contributed by atoms with E-state index in [1.807, 2.05) is 13.8 Å². The topological polar surface area (TPSA) is 55.0 Å². The number of hydrogen-bond donors (Lipinski definition) is 1. The molecule has 0 spiro atoms. The van der Waals surface area contributed by atoms with Crippen LogP contribution in [0.25, 0.3) is 0 Å². The monoisotopic (exact) mass is 262 g/mol. The molecule has 4 nitrogen and oxygen atoms in total. The summed E-state index contributed by atoms with van der Waals surface area (Å²) in [4.78, 5) is 8.68. The Morgan fingerprint density at radius 2 is 2.00 bits per heavy atom. The van der Waals surface area contributed by atoms with Crippen molar-refractivity contribution in [2.45, 2.75) is 26.4 Å². The molecule has 1 rings (SSSR count). The van der Waals surface area contributed by atoms with E-state index in [0.29, 0.717) is 12.5 Å². The van der Waals surface area contributed by atoms with Crippen LogP contribution in [0, 0.1) is 5.92 Å². The Kier molecular flexibility index (Phi) is 4.37. The molecule has 7 heteroatoms. The molecule has 0 aliphatic rings. The highest BCUT2D eigenvalue weighted by atomic mass is 19.4. The molecule has 0 aromatic carbocycles. The van der Waals surface area contributed by atoms with E-state index >= 15 is 0 Å². The van der Waals surface area contributed by atoms with Crippen LogP contribution in [0.15, 0.2) is 6.07 Å². The summed E-state index contributed by atoms with van der Waals surface area (Å²) in [6.07, 6.45) is -3.57.